The number of carbonyl (C=O) groups is 1. The van der Waals surface area contributed by atoms with Crippen molar-refractivity contribution in [3.8, 4) is 11.5 Å². The smallest absolute Gasteiger partial charge is 0.337 e. The zero-order valence-corrected chi connectivity index (χ0v) is 23.0. The summed E-state index contributed by atoms with van der Waals surface area (Å²) in [6.45, 7) is 0.647. The number of rotatable bonds is 6. The Kier molecular flexibility index (Phi) is 7.86. The third-order valence-electron chi connectivity index (χ3n) is 7.78. The molecule has 3 fully saturated rings. The molecule has 198 valence electrons. The van der Waals surface area contributed by atoms with E-state index in [2.05, 4.69) is 41.6 Å². The summed E-state index contributed by atoms with van der Waals surface area (Å²) >= 11 is 7.27. The second-order valence-corrected chi connectivity index (χ2v) is 11.6. The van der Waals surface area contributed by atoms with Gasteiger partial charge < -0.3 is 39.3 Å². The predicted molar refractivity (Wildman–Crippen MR) is 137 cm³/mol. The summed E-state index contributed by atoms with van der Waals surface area (Å²) in [5.74, 6) is 2.18. The number of H-pyrrole nitrogens is 1. The van der Waals surface area contributed by atoms with Crippen LogP contribution in [0.5, 0.6) is 11.5 Å². The molecule has 36 heavy (non-hydrogen) atoms. The minimum atomic E-state index is -1.66. The second kappa shape index (κ2) is 10.8. The van der Waals surface area contributed by atoms with Crippen molar-refractivity contribution in [2.24, 2.45) is 17.8 Å². The molecular formula is C25H31Br2NO8. The zero-order valence-electron chi connectivity index (χ0n) is 19.9. The van der Waals surface area contributed by atoms with E-state index in [0.717, 1.165) is 28.9 Å². The minimum Gasteiger partial charge on any atom is -0.491 e. The highest BCUT2D eigenvalue weighted by Crippen LogP contribution is 2.54. The molecule has 5 rings (SSSR count). The van der Waals surface area contributed by atoms with Crippen LogP contribution in [-0.4, -0.2) is 70.7 Å². The van der Waals surface area contributed by atoms with Gasteiger partial charge >= 0.3 is 5.97 Å². The maximum Gasteiger partial charge on any atom is 0.337 e. The number of hydrogen-bond acceptors (Lipinski definition) is 8. The number of benzene rings is 1. The lowest BCUT2D eigenvalue weighted by Gasteiger charge is -2.38. The van der Waals surface area contributed by atoms with Gasteiger partial charge in [0.2, 0.25) is 6.29 Å². The summed E-state index contributed by atoms with van der Waals surface area (Å²) in [5, 5.41) is 31.5. The molecule has 1 aliphatic heterocycles. The SMILES string of the molecule is COC(=O)[C@H]1O[C@@H](Oc2c[nH]c3cc(Br)c(OC[C@@H]4[C@@H]5CCCCCC[C@@H]54)c(Br)c23)[C@H](O)[C@@H](O)[C@@H]1O. The van der Waals surface area contributed by atoms with Crippen molar-refractivity contribution in [3.63, 3.8) is 0 Å². The standard InChI is InChI=1S/C25H31Br2NO8/c1-33-24(32)23-20(30)19(29)21(31)25(36-23)35-16-9-28-15-8-14(26)22(18(27)17(15)16)34-10-13-11-6-4-2-3-5-7-12(11)13/h8-9,11-13,19-21,23,25,28-31H,2-7,10H2,1H3/t11-,12+,13-,19-,20-,21+,23-,25+/m0/s1. The van der Waals surface area contributed by atoms with E-state index in [1.807, 2.05) is 6.07 Å². The lowest BCUT2D eigenvalue weighted by Crippen LogP contribution is -2.61. The van der Waals surface area contributed by atoms with Gasteiger partial charge in [-0.05, 0) is 68.5 Å². The number of aromatic nitrogens is 1. The normalized spacial score (nSPS) is 34.4. The van der Waals surface area contributed by atoms with Crippen LogP contribution in [0.25, 0.3) is 10.9 Å². The summed E-state index contributed by atoms with van der Waals surface area (Å²) in [4.78, 5) is 15.1. The highest BCUT2D eigenvalue weighted by atomic mass is 79.9. The Labute approximate surface area is 225 Å². The fourth-order valence-corrected chi connectivity index (χ4v) is 7.24. The van der Waals surface area contributed by atoms with Crippen LogP contribution in [0, 0.1) is 17.8 Å². The van der Waals surface area contributed by atoms with Crippen molar-refractivity contribution in [3.05, 3.63) is 21.2 Å². The van der Waals surface area contributed by atoms with Crippen molar-refractivity contribution in [1.82, 2.24) is 4.98 Å². The van der Waals surface area contributed by atoms with Crippen molar-refractivity contribution >= 4 is 48.7 Å². The first-order valence-corrected chi connectivity index (χ1v) is 14.0. The van der Waals surface area contributed by atoms with Gasteiger partial charge in [0.05, 0.1) is 33.6 Å². The third-order valence-corrected chi connectivity index (χ3v) is 9.13. The molecular weight excluding hydrogens is 602 g/mol. The fourth-order valence-electron chi connectivity index (χ4n) is 5.70. The molecule has 0 spiro atoms. The van der Waals surface area contributed by atoms with E-state index in [0.29, 0.717) is 33.9 Å². The van der Waals surface area contributed by atoms with Crippen LogP contribution >= 0.6 is 31.9 Å². The second-order valence-electron chi connectivity index (χ2n) is 9.91. The summed E-state index contributed by atoms with van der Waals surface area (Å²) in [7, 11) is 1.14. The summed E-state index contributed by atoms with van der Waals surface area (Å²) in [6.07, 6.45) is 1.59. The molecule has 1 aromatic carbocycles. The Hall–Kier alpha value is -1.37. The molecule has 0 unspecified atom stereocenters. The molecule has 2 aromatic rings. The number of aromatic amines is 1. The number of carbonyl (C=O) groups excluding carboxylic acids is 1. The van der Waals surface area contributed by atoms with Crippen LogP contribution in [0.2, 0.25) is 0 Å². The number of methoxy groups -OCH3 is 1. The molecule has 2 saturated carbocycles. The molecule has 2 aliphatic carbocycles. The maximum absolute atomic E-state index is 12.0. The Morgan fingerprint density at radius 3 is 2.44 bits per heavy atom. The first kappa shape index (κ1) is 26.2. The lowest BCUT2D eigenvalue weighted by atomic mass is 9.99. The molecule has 8 atom stereocenters. The first-order valence-electron chi connectivity index (χ1n) is 12.4. The van der Waals surface area contributed by atoms with Gasteiger partial charge in [-0.2, -0.15) is 0 Å². The van der Waals surface area contributed by atoms with Gasteiger partial charge in [-0.1, -0.05) is 25.7 Å². The molecule has 0 bridgehead atoms. The molecule has 4 N–H and O–H groups in total. The van der Waals surface area contributed by atoms with Crippen molar-refractivity contribution in [2.45, 2.75) is 69.2 Å². The molecule has 9 nitrogen and oxygen atoms in total. The van der Waals surface area contributed by atoms with E-state index in [4.69, 9.17) is 14.2 Å². The van der Waals surface area contributed by atoms with Crippen LogP contribution in [0.1, 0.15) is 38.5 Å². The third kappa shape index (κ3) is 4.90. The first-order chi connectivity index (χ1) is 17.3. The average Bonchev–Trinajstić information content (AvgIpc) is 3.31. The maximum atomic E-state index is 12.0. The fraction of sp³-hybridized carbons (Fsp3) is 0.640. The van der Waals surface area contributed by atoms with Crippen LogP contribution in [0.15, 0.2) is 21.2 Å². The zero-order chi connectivity index (χ0) is 25.6. The number of aliphatic hydroxyl groups is 3. The molecule has 2 heterocycles. The topological polar surface area (TPSA) is 130 Å². The number of nitrogens with one attached hydrogen (secondary N) is 1. The highest BCUT2D eigenvalue weighted by molar-refractivity contribution is 9.11. The number of hydrogen-bond donors (Lipinski definition) is 4. The number of halogens is 2. The largest absolute Gasteiger partial charge is 0.491 e. The van der Waals surface area contributed by atoms with E-state index in [1.165, 1.54) is 38.5 Å². The van der Waals surface area contributed by atoms with Gasteiger partial charge in [-0.3, -0.25) is 0 Å². The van der Waals surface area contributed by atoms with Crippen molar-refractivity contribution < 1.29 is 39.1 Å². The van der Waals surface area contributed by atoms with E-state index in [1.54, 1.807) is 6.20 Å². The minimum absolute atomic E-state index is 0.318. The van der Waals surface area contributed by atoms with Gasteiger partial charge in [-0.25, -0.2) is 4.79 Å². The predicted octanol–water partition coefficient (Wildman–Crippen LogP) is 3.65. The summed E-state index contributed by atoms with van der Waals surface area (Å²) in [6, 6.07) is 1.88. The number of ether oxygens (including phenoxy) is 4. The Morgan fingerprint density at radius 1 is 1.08 bits per heavy atom. The van der Waals surface area contributed by atoms with Gasteiger partial charge in [-0.15, -0.1) is 0 Å². The van der Waals surface area contributed by atoms with E-state index < -0.39 is 36.7 Å². The molecule has 1 saturated heterocycles. The van der Waals surface area contributed by atoms with Crippen LogP contribution in [0.4, 0.5) is 0 Å². The molecule has 0 amide bonds. The van der Waals surface area contributed by atoms with E-state index >= 15 is 0 Å². The Bertz CT molecular complexity index is 1100. The summed E-state index contributed by atoms with van der Waals surface area (Å²) < 4.78 is 23.8. The number of esters is 1. The van der Waals surface area contributed by atoms with Crippen LogP contribution in [0.3, 0.4) is 0 Å². The lowest BCUT2D eigenvalue weighted by molar-refractivity contribution is -0.271. The van der Waals surface area contributed by atoms with Crippen LogP contribution in [-0.2, 0) is 14.3 Å². The number of aliphatic hydroxyl groups excluding tert-OH is 3. The van der Waals surface area contributed by atoms with Gasteiger partial charge in [0.1, 0.15) is 29.8 Å². The molecule has 3 aliphatic rings. The Balaban J connectivity index is 1.35. The van der Waals surface area contributed by atoms with Crippen molar-refractivity contribution in [1.29, 1.82) is 0 Å². The van der Waals surface area contributed by atoms with Gasteiger partial charge in [0.15, 0.2) is 6.10 Å². The monoisotopic (exact) mass is 631 g/mol. The number of fused-ring (bicyclic) bond motifs is 2. The van der Waals surface area contributed by atoms with Crippen molar-refractivity contribution in [2.75, 3.05) is 13.7 Å². The van der Waals surface area contributed by atoms with E-state index in [-0.39, 0.29) is 0 Å². The highest BCUT2D eigenvalue weighted by Gasteiger charge is 2.50. The summed E-state index contributed by atoms with van der Waals surface area (Å²) in [5.41, 5.74) is 0.736. The quantitative estimate of drug-likeness (QED) is 0.355. The average molecular weight is 633 g/mol. The van der Waals surface area contributed by atoms with Crippen LogP contribution < -0.4 is 9.47 Å². The van der Waals surface area contributed by atoms with E-state index in [9.17, 15) is 20.1 Å². The molecule has 0 radical (unpaired) electrons. The van der Waals surface area contributed by atoms with Gasteiger partial charge in [0, 0.05) is 6.20 Å². The molecule has 11 heteroatoms. The Morgan fingerprint density at radius 2 is 1.78 bits per heavy atom. The molecule has 1 aromatic heterocycles. The van der Waals surface area contributed by atoms with Gasteiger partial charge in [0.25, 0.3) is 0 Å².